The van der Waals surface area contributed by atoms with Gasteiger partial charge in [0.2, 0.25) is 0 Å². The lowest BCUT2D eigenvalue weighted by Gasteiger charge is -2.13. The maximum absolute atomic E-state index is 6.06. The zero-order chi connectivity index (χ0) is 19.3. The number of unbranched alkanes of at least 4 members (excludes halogenated alkanes) is 1. The molecule has 1 saturated heterocycles. The molecule has 3 aromatic rings. The Hall–Kier alpha value is -2.74. The number of aromatic nitrogens is 5. The summed E-state index contributed by atoms with van der Waals surface area (Å²) < 4.78 is 7.45. The van der Waals surface area contributed by atoms with E-state index in [1.54, 1.807) is 6.20 Å². The maximum Gasteiger partial charge on any atom is 0.320 e. The lowest BCUT2D eigenvalue weighted by molar-refractivity contribution is 0.286. The quantitative estimate of drug-likeness (QED) is 0.599. The van der Waals surface area contributed by atoms with Gasteiger partial charge in [0.1, 0.15) is 5.82 Å². The first-order valence-electron chi connectivity index (χ1n) is 10.0. The summed E-state index contributed by atoms with van der Waals surface area (Å²) in [4.78, 5) is 15.8. The van der Waals surface area contributed by atoms with Gasteiger partial charge in [-0.05, 0) is 44.0 Å². The Balaban J connectivity index is 1.49. The van der Waals surface area contributed by atoms with Crippen LogP contribution in [0.3, 0.4) is 0 Å². The molecule has 0 amide bonds. The van der Waals surface area contributed by atoms with Crippen LogP contribution < -0.4 is 10.5 Å². The van der Waals surface area contributed by atoms with Crippen molar-refractivity contribution in [2.24, 2.45) is 0 Å². The third-order valence-electron chi connectivity index (χ3n) is 5.04. The standard InChI is InChI=1S/C20H27N7O/c1-2-3-10-28-20-24-18(21)17-12-23-27(19(17)25-20)13-15-6-7-16(22-11-15)14-26-8-4-5-9-26/h6-7,11-12H,2-5,8-10,13-14H2,1H3,(H2,21,24,25). The van der Waals surface area contributed by atoms with Crippen LogP contribution in [0.2, 0.25) is 0 Å². The SMILES string of the molecule is CCCCOc1nc(N)c2cnn(Cc3ccc(CN4CCCC4)nc3)c2n1. The fourth-order valence-corrected chi connectivity index (χ4v) is 3.43. The molecule has 1 fully saturated rings. The van der Waals surface area contributed by atoms with E-state index in [-0.39, 0.29) is 0 Å². The summed E-state index contributed by atoms with van der Waals surface area (Å²) in [5.74, 6) is 0.391. The molecule has 0 bridgehead atoms. The molecule has 28 heavy (non-hydrogen) atoms. The second kappa shape index (κ2) is 8.52. The van der Waals surface area contributed by atoms with E-state index < -0.39 is 0 Å². The normalized spacial score (nSPS) is 14.8. The Kier molecular flexibility index (Phi) is 5.66. The Morgan fingerprint density at radius 2 is 1.96 bits per heavy atom. The van der Waals surface area contributed by atoms with Crippen molar-refractivity contribution in [3.63, 3.8) is 0 Å². The lowest BCUT2D eigenvalue weighted by Crippen LogP contribution is -2.19. The number of pyridine rings is 1. The molecule has 148 valence electrons. The summed E-state index contributed by atoms with van der Waals surface area (Å²) in [6, 6.07) is 4.51. The van der Waals surface area contributed by atoms with E-state index in [1.165, 1.54) is 25.9 Å². The molecule has 8 heteroatoms. The van der Waals surface area contributed by atoms with Gasteiger partial charge in [0.15, 0.2) is 5.65 Å². The molecule has 2 N–H and O–H groups in total. The molecule has 0 unspecified atom stereocenters. The molecule has 0 aromatic carbocycles. The minimum atomic E-state index is 0.305. The molecule has 0 aliphatic carbocycles. The monoisotopic (exact) mass is 381 g/mol. The Morgan fingerprint density at radius 3 is 2.71 bits per heavy atom. The number of likely N-dealkylation sites (tertiary alicyclic amines) is 1. The van der Waals surface area contributed by atoms with Gasteiger partial charge < -0.3 is 10.5 Å². The predicted octanol–water partition coefficient (Wildman–Crippen LogP) is 2.63. The maximum atomic E-state index is 6.06. The van der Waals surface area contributed by atoms with Gasteiger partial charge >= 0.3 is 6.01 Å². The molecule has 0 spiro atoms. The number of fused-ring (bicyclic) bond motifs is 1. The third kappa shape index (κ3) is 4.22. The largest absolute Gasteiger partial charge is 0.463 e. The zero-order valence-electron chi connectivity index (χ0n) is 16.3. The summed E-state index contributed by atoms with van der Waals surface area (Å²) in [6.45, 7) is 6.54. The molecule has 1 aliphatic heterocycles. The summed E-state index contributed by atoms with van der Waals surface area (Å²) >= 11 is 0. The van der Waals surface area contributed by atoms with Crippen LogP contribution in [-0.4, -0.2) is 49.3 Å². The van der Waals surface area contributed by atoms with Crippen LogP contribution in [0.1, 0.15) is 43.9 Å². The first kappa shape index (κ1) is 18.6. The second-order valence-electron chi connectivity index (χ2n) is 7.27. The van der Waals surface area contributed by atoms with E-state index in [0.29, 0.717) is 30.6 Å². The van der Waals surface area contributed by atoms with Gasteiger partial charge in [0.25, 0.3) is 0 Å². The topological polar surface area (TPSA) is 95.0 Å². The van der Waals surface area contributed by atoms with Crippen LogP contribution in [0.4, 0.5) is 5.82 Å². The molecule has 1 aliphatic rings. The van der Waals surface area contributed by atoms with Gasteiger partial charge in [-0.3, -0.25) is 9.88 Å². The van der Waals surface area contributed by atoms with Gasteiger partial charge in [-0.25, -0.2) is 4.68 Å². The summed E-state index contributed by atoms with van der Waals surface area (Å²) in [5.41, 5.74) is 8.92. The van der Waals surface area contributed by atoms with Crippen molar-refractivity contribution in [3.05, 3.63) is 35.8 Å². The van der Waals surface area contributed by atoms with E-state index >= 15 is 0 Å². The van der Waals surface area contributed by atoms with Crippen LogP contribution in [0, 0.1) is 0 Å². The Bertz CT molecular complexity index is 916. The van der Waals surface area contributed by atoms with Crippen LogP contribution in [0.5, 0.6) is 6.01 Å². The average molecular weight is 381 g/mol. The number of anilines is 1. The van der Waals surface area contributed by atoms with Crippen LogP contribution in [0.25, 0.3) is 11.0 Å². The van der Waals surface area contributed by atoms with Crippen molar-refractivity contribution in [1.82, 2.24) is 29.6 Å². The summed E-state index contributed by atoms with van der Waals surface area (Å²) in [6.07, 6.45) is 8.21. The summed E-state index contributed by atoms with van der Waals surface area (Å²) in [7, 11) is 0. The minimum Gasteiger partial charge on any atom is -0.463 e. The Morgan fingerprint density at radius 1 is 1.11 bits per heavy atom. The highest BCUT2D eigenvalue weighted by Crippen LogP contribution is 2.21. The molecule has 4 heterocycles. The van der Waals surface area contributed by atoms with E-state index in [9.17, 15) is 0 Å². The molecule has 3 aromatic heterocycles. The fourth-order valence-electron chi connectivity index (χ4n) is 3.43. The van der Waals surface area contributed by atoms with Gasteiger partial charge in [0, 0.05) is 12.7 Å². The average Bonchev–Trinajstić information content (AvgIpc) is 3.34. The smallest absolute Gasteiger partial charge is 0.320 e. The van der Waals surface area contributed by atoms with Crippen molar-refractivity contribution in [2.75, 3.05) is 25.4 Å². The number of nitrogen functional groups attached to an aromatic ring is 1. The highest BCUT2D eigenvalue weighted by Gasteiger charge is 2.14. The van der Waals surface area contributed by atoms with Crippen molar-refractivity contribution in [1.29, 1.82) is 0 Å². The van der Waals surface area contributed by atoms with Gasteiger partial charge in [0.05, 0.1) is 30.4 Å². The fraction of sp³-hybridized carbons (Fsp3) is 0.500. The summed E-state index contributed by atoms with van der Waals surface area (Å²) in [5, 5.41) is 5.17. The van der Waals surface area contributed by atoms with E-state index in [0.717, 1.165) is 36.0 Å². The van der Waals surface area contributed by atoms with Crippen molar-refractivity contribution >= 4 is 16.9 Å². The van der Waals surface area contributed by atoms with Crippen molar-refractivity contribution in [2.45, 2.75) is 45.7 Å². The van der Waals surface area contributed by atoms with Gasteiger partial charge in [-0.1, -0.05) is 19.4 Å². The van der Waals surface area contributed by atoms with Gasteiger partial charge in [-0.15, -0.1) is 0 Å². The highest BCUT2D eigenvalue weighted by molar-refractivity contribution is 5.85. The Labute approximate surface area is 164 Å². The minimum absolute atomic E-state index is 0.305. The van der Waals surface area contributed by atoms with E-state index in [4.69, 9.17) is 10.5 Å². The number of hydrogen-bond acceptors (Lipinski definition) is 7. The molecule has 0 atom stereocenters. The third-order valence-corrected chi connectivity index (χ3v) is 5.04. The molecule has 0 saturated carbocycles. The van der Waals surface area contributed by atoms with Crippen LogP contribution in [0.15, 0.2) is 24.5 Å². The first-order valence-corrected chi connectivity index (χ1v) is 10.0. The number of nitrogens with two attached hydrogens (primary N) is 1. The highest BCUT2D eigenvalue weighted by atomic mass is 16.5. The first-order chi connectivity index (χ1) is 13.7. The number of hydrogen-bond donors (Lipinski definition) is 1. The molecule has 4 rings (SSSR count). The van der Waals surface area contributed by atoms with E-state index in [2.05, 4.69) is 44.0 Å². The number of nitrogens with zero attached hydrogens (tertiary/aromatic N) is 6. The lowest BCUT2D eigenvalue weighted by atomic mass is 10.2. The molecule has 0 radical (unpaired) electrons. The zero-order valence-corrected chi connectivity index (χ0v) is 16.3. The van der Waals surface area contributed by atoms with E-state index in [1.807, 2.05) is 10.9 Å². The number of ether oxygens (including phenoxy) is 1. The van der Waals surface area contributed by atoms with Gasteiger partial charge in [-0.2, -0.15) is 15.1 Å². The van der Waals surface area contributed by atoms with Crippen LogP contribution >= 0.6 is 0 Å². The molecular weight excluding hydrogens is 354 g/mol. The molecular formula is C20H27N7O. The van der Waals surface area contributed by atoms with Crippen molar-refractivity contribution < 1.29 is 4.74 Å². The van der Waals surface area contributed by atoms with Crippen LogP contribution in [-0.2, 0) is 13.1 Å². The second-order valence-corrected chi connectivity index (χ2v) is 7.27. The van der Waals surface area contributed by atoms with Crippen molar-refractivity contribution in [3.8, 4) is 6.01 Å². The number of rotatable bonds is 8. The molecule has 8 nitrogen and oxygen atoms in total. The predicted molar refractivity (Wildman–Crippen MR) is 108 cm³/mol.